The molecule has 2 aromatic rings. The predicted octanol–water partition coefficient (Wildman–Crippen LogP) is 3.59. The highest BCUT2D eigenvalue weighted by atomic mass is 16.5. The summed E-state index contributed by atoms with van der Waals surface area (Å²) in [7, 11) is 0. The lowest BCUT2D eigenvalue weighted by atomic mass is 10.0. The first kappa shape index (κ1) is 14.9. The van der Waals surface area contributed by atoms with Crippen LogP contribution in [0.1, 0.15) is 41.3 Å². The second-order valence-electron chi connectivity index (χ2n) is 5.41. The molecule has 21 heavy (non-hydrogen) atoms. The van der Waals surface area contributed by atoms with Gasteiger partial charge in [0, 0.05) is 5.56 Å². The van der Waals surface area contributed by atoms with Crippen LogP contribution in [0.5, 0.6) is 11.5 Å². The molecule has 2 aromatic carbocycles. The van der Waals surface area contributed by atoms with Gasteiger partial charge in [-0.05, 0) is 48.2 Å². The Labute approximate surface area is 124 Å². The molecule has 4 N–H and O–H groups in total. The van der Waals surface area contributed by atoms with E-state index in [1.165, 1.54) is 0 Å². The van der Waals surface area contributed by atoms with Gasteiger partial charge in [0.15, 0.2) is 5.75 Å². The maximum Gasteiger partial charge on any atom is 0.248 e. The van der Waals surface area contributed by atoms with Gasteiger partial charge in [-0.2, -0.15) is 0 Å². The molecule has 4 nitrogen and oxygen atoms in total. The number of rotatable bonds is 4. The molecular weight excluding hydrogens is 264 g/mol. The Hall–Kier alpha value is -2.49. The highest BCUT2D eigenvalue weighted by molar-refractivity contribution is 5.93. The number of nitrogen functional groups attached to an aromatic ring is 1. The summed E-state index contributed by atoms with van der Waals surface area (Å²) in [6.45, 7) is 6.20. The highest BCUT2D eigenvalue weighted by Crippen LogP contribution is 2.34. The molecule has 0 unspecified atom stereocenters. The van der Waals surface area contributed by atoms with Crippen LogP contribution in [0.25, 0.3) is 0 Å². The van der Waals surface area contributed by atoms with Crippen LogP contribution >= 0.6 is 0 Å². The number of primary amides is 1. The first-order valence-electron chi connectivity index (χ1n) is 6.86. The van der Waals surface area contributed by atoms with Crippen LogP contribution in [-0.4, -0.2) is 5.91 Å². The monoisotopic (exact) mass is 284 g/mol. The molecule has 0 saturated carbocycles. The second-order valence-corrected chi connectivity index (χ2v) is 5.41. The van der Waals surface area contributed by atoms with Crippen LogP contribution in [0.15, 0.2) is 36.4 Å². The average Bonchev–Trinajstić information content (AvgIpc) is 2.40. The number of benzene rings is 2. The smallest absolute Gasteiger partial charge is 0.248 e. The average molecular weight is 284 g/mol. The van der Waals surface area contributed by atoms with Crippen molar-refractivity contribution < 1.29 is 9.53 Å². The third kappa shape index (κ3) is 3.34. The van der Waals surface area contributed by atoms with Crippen molar-refractivity contribution in [2.24, 2.45) is 5.73 Å². The Morgan fingerprint density at radius 3 is 2.43 bits per heavy atom. The summed E-state index contributed by atoms with van der Waals surface area (Å²) in [5, 5.41) is 0. The maximum absolute atomic E-state index is 11.3. The van der Waals surface area contributed by atoms with Crippen molar-refractivity contribution in [2.75, 3.05) is 5.73 Å². The SMILES string of the molecule is Cc1ccc(C(C)C)c(Oc2cc(C(N)=O)ccc2N)c1. The van der Waals surface area contributed by atoms with Gasteiger partial charge in [0.2, 0.25) is 5.91 Å². The molecule has 0 saturated heterocycles. The van der Waals surface area contributed by atoms with E-state index < -0.39 is 5.91 Å². The van der Waals surface area contributed by atoms with Gasteiger partial charge in [-0.15, -0.1) is 0 Å². The summed E-state index contributed by atoms with van der Waals surface area (Å²) >= 11 is 0. The van der Waals surface area contributed by atoms with E-state index in [4.69, 9.17) is 16.2 Å². The summed E-state index contributed by atoms with van der Waals surface area (Å²) in [4.78, 5) is 11.3. The second kappa shape index (κ2) is 5.87. The van der Waals surface area contributed by atoms with E-state index in [1.807, 2.05) is 25.1 Å². The van der Waals surface area contributed by atoms with E-state index in [1.54, 1.807) is 18.2 Å². The summed E-state index contributed by atoms with van der Waals surface area (Å²) in [6, 6.07) is 10.8. The van der Waals surface area contributed by atoms with E-state index in [-0.39, 0.29) is 0 Å². The molecule has 0 spiro atoms. The van der Waals surface area contributed by atoms with Crippen LogP contribution in [0, 0.1) is 6.92 Å². The zero-order valence-corrected chi connectivity index (χ0v) is 12.5. The Balaban J connectivity index is 2.44. The van der Waals surface area contributed by atoms with Gasteiger partial charge in [0.25, 0.3) is 0 Å². The minimum Gasteiger partial charge on any atom is -0.455 e. The van der Waals surface area contributed by atoms with Gasteiger partial charge in [-0.25, -0.2) is 0 Å². The van der Waals surface area contributed by atoms with Crippen molar-refractivity contribution in [2.45, 2.75) is 26.7 Å². The zero-order chi connectivity index (χ0) is 15.6. The fourth-order valence-electron chi connectivity index (χ4n) is 2.10. The van der Waals surface area contributed by atoms with E-state index in [0.717, 1.165) is 16.9 Å². The number of carbonyl (C=O) groups is 1. The topological polar surface area (TPSA) is 78.3 Å². The molecule has 0 heterocycles. The van der Waals surface area contributed by atoms with Gasteiger partial charge in [0.05, 0.1) is 5.69 Å². The van der Waals surface area contributed by atoms with Crippen LogP contribution < -0.4 is 16.2 Å². The molecule has 2 rings (SSSR count). The molecule has 0 aliphatic rings. The highest BCUT2D eigenvalue weighted by Gasteiger charge is 2.12. The van der Waals surface area contributed by atoms with Gasteiger partial charge >= 0.3 is 0 Å². The molecule has 0 aromatic heterocycles. The molecule has 0 aliphatic carbocycles. The van der Waals surface area contributed by atoms with Crippen molar-refractivity contribution in [1.82, 2.24) is 0 Å². The first-order valence-corrected chi connectivity index (χ1v) is 6.86. The normalized spacial score (nSPS) is 10.7. The summed E-state index contributed by atoms with van der Waals surface area (Å²) in [6.07, 6.45) is 0. The van der Waals surface area contributed by atoms with E-state index in [0.29, 0.717) is 22.9 Å². The van der Waals surface area contributed by atoms with Crippen molar-refractivity contribution >= 4 is 11.6 Å². The molecule has 0 atom stereocenters. The van der Waals surface area contributed by atoms with E-state index >= 15 is 0 Å². The van der Waals surface area contributed by atoms with Crippen molar-refractivity contribution in [1.29, 1.82) is 0 Å². The molecule has 0 radical (unpaired) electrons. The molecule has 0 bridgehead atoms. The number of anilines is 1. The molecular formula is C17H20N2O2. The summed E-state index contributed by atoms with van der Waals surface area (Å²) < 4.78 is 5.94. The number of amides is 1. The van der Waals surface area contributed by atoms with Gasteiger partial charge in [0.1, 0.15) is 5.75 Å². The van der Waals surface area contributed by atoms with Gasteiger partial charge in [-0.3, -0.25) is 4.79 Å². The summed E-state index contributed by atoms with van der Waals surface area (Å²) in [5.74, 6) is 1.01. The standard InChI is InChI=1S/C17H20N2O2/c1-10(2)13-6-4-11(3)8-15(13)21-16-9-12(17(19)20)5-7-14(16)18/h4-10H,18H2,1-3H3,(H2,19,20). The number of hydrogen-bond donors (Lipinski definition) is 2. The first-order chi connectivity index (χ1) is 9.88. The Morgan fingerprint density at radius 2 is 1.81 bits per heavy atom. The largest absolute Gasteiger partial charge is 0.455 e. The van der Waals surface area contributed by atoms with E-state index in [9.17, 15) is 4.79 Å². The Kier molecular flexibility index (Phi) is 4.17. The van der Waals surface area contributed by atoms with Gasteiger partial charge in [-0.1, -0.05) is 26.0 Å². The molecule has 0 aliphatic heterocycles. The predicted molar refractivity (Wildman–Crippen MR) is 84.7 cm³/mol. The van der Waals surface area contributed by atoms with E-state index in [2.05, 4.69) is 13.8 Å². The van der Waals surface area contributed by atoms with Crippen molar-refractivity contribution in [3.8, 4) is 11.5 Å². The molecule has 1 amide bonds. The Bertz CT molecular complexity index is 678. The zero-order valence-electron chi connectivity index (χ0n) is 12.5. The number of ether oxygens (including phenoxy) is 1. The fourth-order valence-corrected chi connectivity index (χ4v) is 2.10. The van der Waals surface area contributed by atoms with Gasteiger partial charge < -0.3 is 16.2 Å². The lowest BCUT2D eigenvalue weighted by Crippen LogP contribution is -2.11. The summed E-state index contributed by atoms with van der Waals surface area (Å²) in [5.41, 5.74) is 14.2. The van der Waals surface area contributed by atoms with Crippen LogP contribution in [0.3, 0.4) is 0 Å². The lowest BCUT2D eigenvalue weighted by molar-refractivity contribution is 0.1000. The number of carbonyl (C=O) groups excluding carboxylic acids is 1. The number of aryl methyl sites for hydroxylation is 1. The van der Waals surface area contributed by atoms with Crippen molar-refractivity contribution in [3.05, 3.63) is 53.1 Å². The number of hydrogen-bond acceptors (Lipinski definition) is 3. The lowest BCUT2D eigenvalue weighted by Gasteiger charge is -2.16. The third-order valence-corrected chi connectivity index (χ3v) is 3.31. The number of nitrogens with two attached hydrogens (primary N) is 2. The Morgan fingerprint density at radius 1 is 1.10 bits per heavy atom. The molecule has 4 heteroatoms. The van der Waals surface area contributed by atoms with Crippen LogP contribution in [0.2, 0.25) is 0 Å². The quantitative estimate of drug-likeness (QED) is 0.842. The van der Waals surface area contributed by atoms with Crippen molar-refractivity contribution in [3.63, 3.8) is 0 Å². The minimum atomic E-state index is -0.506. The maximum atomic E-state index is 11.3. The molecule has 0 fully saturated rings. The van der Waals surface area contributed by atoms with Crippen LogP contribution in [0.4, 0.5) is 5.69 Å². The molecule has 110 valence electrons. The third-order valence-electron chi connectivity index (χ3n) is 3.31. The van der Waals surface area contributed by atoms with Crippen LogP contribution in [-0.2, 0) is 0 Å². The minimum absolute atomic E-state index is 0.321. The fraction of sp³-hybridized carbons (Fsp3) is 0.235.